The average Bonchev–Trinajstić information content (AvgIpc) is 2.42. The first-order chi connectivity index (χ1) is 9.18. The highest BCUT2D eigenvalue weighted by Crippen LogP contribution is 2.26. The van der Waals surface area contributed by atoms with Crippen molar-refractivity contribution in [3.63, 3.8) is 0 Å². The molecular formula is C15H20O4. The molecule has 1 N–H and O–H groups in total. The van der Waals surface area contributed by atoms with E-state index in [1.165, 1.54) is 0 Å². The molecular weight excluding hydrogens is 244 g/mol. The first-order valence-electron chi connectivity index (χ1n) is 6.67. The zero-order chi connectivity index (χ0) is 13.7. The second-order valence-corrected chi connectivity index (χ2v) is 4.97. The predicted molar refractivity (Wildman–Crippen MR) is 71.3 cm³/mol. The summed E-state index contributed by atoms with van der Waals surface area (Å²) in [5.74, 6) is -0.319. The molecule has 0 aliphatic carbocycles. The van der Waals surface area contributed by atoms with Gasteiger partial charge >= 0.3 is 5.97 Å². The largest absolute Gasteiger partial charge is 0.492 e. The predicted octanol–water partition coefficient (Wildman–Crippen LogP) is 2.50. The fraction of sp³-hybridized carbons (Fsp3) is 0.533. The zero-order valence-corrected chi connectivity index (χ0v) is 11.2. The van der Waals surface area contributed by atoms with Gasteiger partial charge in [0.15, 0.2) is 0 Å². The third-order valence-corrected chi connectivity index (χ3v) is 3.66. The molecule has 104 valence electrons. The Kier molecular flexibility index (Phi) is 4.80. The van der Waals surface area contributed by atoms with E-state index in [4.69, 9.17) is 9.47 Å². The fourth-order valence-electron chi connectivity index (χ4n) is 2.43. The smallest absolute Gasteiger partial charge is 0.310 e. The Morgan fingerprint density at radius 1 is 1.42 bits per heavy atom. The van der Waals surface area contributed by atoms with E-state index in [1.54, 1.807) is 0 Å². The van der Waals surface area contributed by atoms with Crippen molar-refractivity contribution in [1.29, 1.82) is 0 Å². The van der Waals surface area contributed by atoms with Gasteiger partial charge in [-0.1, -0.05) is 18.2 Å². The number of carboxylic acid groups (broad SMARTS) is 1. The third-order valence-electron chi connectivity index (χ3n) is 3.66. The fourth-order valence-corrected chi connectivity index (χ4v) is 2.43. The van der Waals surface area contributed by atoms with Gasteiger partial charge in [-0.25, -0.2) is 0 Å². The van der Waals surface area contributed by atoms with Gasteiger partial charge in [0.05, 0.1) is 5.92 Å². The molecule has 0 aromatic heterocycles. The molecule has 1 unspecified atom stereocenters. The van der Waals surface area contributed by atoms with Crippen molar-refractivity contribution >= 4 is 5.97 Å². The minimum atomic E-state index is -0.777. The molecule has 2 rings (SSSR count). The maximum absolute atomic E-state index is 11.4. The first kappa shape index (κ1) is 13.9. The Bertz CT molecular complexity index is 424. The van der Waals surface area contributed by atoms with Gasteiger partial charge in [0.1, 0.15) is 12.4 Å². The molecule has 4 nitrogen and oxygen atoms in total. The number of para-hydroxylation sites is 1. The number of ether oxygens (including phenoxy) is 2. The van der Waals surface area contributed by atoms with Crippen LogP contribution < -0.4 is 4.74 Å². The van der Waals surface area contributed by atoms with Crippen molar-refractivity contribution < 1.29 is 19.4 Å². The highest BCUT2D eigenvalue weighted by Gasteiger charge is 2.30. The number of carboxylic acids is 1. The second-order valence-electron chi connectivity index (χ2n) is 4.97. The monoisotopic (exact) mass is 264 g/mol. The van der Waals surface area contributed by atoms with Gasteiger partial charge in [0.25, 0.3) is 0 Å². The minimum Gasteiger partial charge on any atom is -0.492 e. The summed E-state index contributed by atoms with van der Waals surface area (Å²) in [6.07, 6.45) is 1.60. The number of hydrogen-bond donors (Lipinski definition) is 1. The number of hydrogen-bond acceptors (Lipinski definition) is 3. The van der Waals surface area contributed by atoms with E-state index in [0.29, 0.717) is 13.2 Å². The summed E-state index contributed by atoms with van der Waals surface area (Å²) in [6, 6.07) is 7.67. The maximum atomic E-state index is 11.4. The van der Waals surface area contributed by atoms with Gasteiger partial charge < -0.3 is 14.6 Å². The van der Waals surface area contributed by atoms with Gasteiger partial charge in [0, 0.05) is 13.2 Å². The molecule has 1 aliphatic rings. The van der Waals surface area contributed by atoms with Crippen LogP contribution in [0.15, 0.2) is 24.3 Å². The van der Waals surface area contributed by atoms with Crippen LogP contribution in [0.2, 0.25) is 0 Å². The van der Waals surface area contributed by atoms with Crippen LogP contribution in [0.4, 0.5) is 0 Å². The Morgan fingerprint density at radius 3 is 2.74 bits per heavy atom. The van der Waals surface area contributed by atoms with Crippen LogP contribution in [0, 0.1) is 18.8 Å². The first-order valence-corrected chi connectivity index (χ1v) is 6.67. The van der Waals surface area contributed by atoms with E-state index in [0.717, 1.165) is 24.2 Å². The molecule has 0 spiro atoms. The van der Waals surface area contributed by atoms with E-state index < -0.39 is 11.9 Å². The molecule has 0 amide bonds. The summed E-state index contributed by atoms with van der Waals surface area (Å²) >= 11 is 0. The van der Waals surface area contributed by atoms with E-state index >= 15 is 0 Å². The maximum Gasteiger partial charge on any atom is 0.310 e. The number of aliphatic carboxylic acids is 1. The molecule has 0 radical (unpaired) electrons. The molecule has 1 aromatic carbocycles. The normalized spacial score (nSPS) is 17.9. The summed E-state index contributed by atoms with van der Waals surface area (Å²) in [5.41, 5.74) is 1.03. The standard InChI is InChI=1S/C15H20O4/c1-11-4-2-3-5-14(11)19-10-13(15(16)17)12-6-8-18-9-7-12/h2-5,12-13H,6-10H2,1H3,(H,16,17). The summed E-state index contributed by atoms with van der Waals surface area (Å²) in [6.45, 7) is 3.49. The lowest BCUT2D eigenvalue weighted by molar-refractivity contribution is -0.146. The number of carbonyl (C=O) groups is 1. The summed E-state index contributed by atoms with van der Waals surface area (Å²) in [4.78, 5) is 11.4. The highest BCUT2D eigenvalue weighted by atomic mass is 16.5. The third kappa shape index (κ3) is 3.70. The number of rotatable bonds is 5. The van der Waals surface area contributed by atoms with Crippen molar-refractivity contribution in [3.8, 4) is 5.75 Å². The van der Waals surface area contributed by atoms with Crippen molar-refractivity contribution in [2.75, 3.05) is 19.8 Å². The average molecular weight is 264 g/mol. The van der Waals surface area contributed by atoms with Crippen LogP contribution in [0.1, 0.15) is 18.4 Å². The van der Waals surface area contributed by atoms with E-state index in [1.807, 2.05) is 31.2 Å². The highest BCUT2D eigenvalue weighted by molar-refractivity contribution is 5.70. The molecule has 1 saturated heterocycles. The molecule has 0 bridgehead atoms. The van der Waals surface area contributed by atoms with Crippen LogP contribution in [0.5, 0.6) is 5.75 Å². The van der Waals surface area contributed by atoms with Crippen LogP contribution in [0.25, 0.3) is 0 Å². The summed E-state index contributed by atoms with van der Waals surface area (Å²) in [7, 11) is 0. The Balaban J connectivity index is 1.97. The van der Waals surface area contributed by atoms with Gasteiger partial charge in [-0.05, 0) is 37.3 Å². The lowest BCUT2D eigenvalue weighted by atomic mass is 9.86. The number of aryl methyl sites for hydroxylation is 1. The SMILES string of the molecule is Cc1ccccc1OCC(C(=O)O)C1CCOCC1. The van der Waals surface area contributed by atoms with Crippen LogP contribution in [-0.4, -0.2) is 30.9 Å². The lowest BCUT2D eigenvalue weighted by Crippen LogP contribution is -2.33. The van der Waals surface area contributed by atoms with Gasteiger partial charge in [0.2, 0.25) is 0 Å². The topological polar surface area (TPSA) is 55.8 Å². The Morgan fingerprint density at radius 2 is 2.11 bits per heavy atom. The van der Waals surface area contributed by atoms with Crippen molar-refractivity contribution in [3.05, 3.63) is 29.8 Å². The quantitative estimate of drug-likeness (QED) is 0.887. The van der Waals surface area contributed by atoms with E-state index in [2.05, 4.69) is 0 Å². The lowest BCUT2D eigenvalue weighted by Gasteiger charge is -2.27. The van der Waals surface area contributed by atoms with Crippen LogP contribution >= 0.6 is 0 Å². The molecule has 1 atom stereocenters. The molecule has 19 heavy (non-hydrogen) atoms. The van der Waals surface area contributed by atoms with Crippen LogP contribution in [0.3, 0.4) is 0 Å². The second kappa shape index (κ2) is 6.57. The van der Waals surface area contributed by atoms with Crippen LogP contribution in [-0.2, 0) is 9.53 Å². The van der Waals surface area contributed by atoms with Gasteiger partial charge in [-0.15, -0.1) is 0 Å². The van der Waals surface area contributed by atoms with E-state index in [9.17, 15) is 9.90 Å². The number of benzene rings is 1. The zero-order valence-electron chi connectivity index (χ0n) is 11.2. The van der Waals surface area contributed by atoms with Gasteiger partial charge in [-0.3, -0.25) is 4.79 Å². The van der Waals surface area contributed by atoms with E-state index in [-0.39, 0.29) is 12.5 Å². The molecule has 1 fully saturated rings. The molecule has 0 saturated carbocycles. The minimum absolute atomic E-state index is 0.148. The molecule has 1 heterocycles. The molecule has 1 aliphatic heterocycles. The van der Waals surface area contributed by atoms with Crippen molar-refractivity contribution in [2.24, 2.45) is 11.8 Å². The van der Waals surface area contributed by atoms with Crippen molar-refractivity contribution in [2.45, 2.75) is 19.8 Å². The van der Waals surface area contributed by atoms with Crippen molar-refractivity contribution in [1.82, 2.24) is 0 Å². The Labute approximate surface area is 113 Å². The summed E-state index contributed by atoms with van der Waals surface area (Å²) in [5, 5.41) is 9.35. The molecule has 1 aromatic rings. The Hall–Kier alpha value is -1.55. The van der Waals surface area contributed by atoms with Gasteiger partial charge in [-0.2, -0.15) is 0 Å². The molecule has 4 heteroatoms. The summed E-state index contributed by atoms with van der Waals surface area (Å²) < 4.78 is 11.0.